The van der Waals surface area contributed by atoms with E-state index in [9.17, 15) is 4.79 Å². The van der Waals surface area contributed by atoms with Gasteiger partial charge in [-0.15, -0.1) is 0 Å². The molecule has 0 saturated heterocycles. The number of hydrogen-bond donors (Lipinski definition) is 1. The normalized spacial score (nSPS) is 15.9. The standard InChI is InChI=1S/C13H19NO3/c1-11(8-16-10-13(2,14)9-15)17-12-6-4-3-5-7-12/h3-7,9,11H,8,10,14H2,1-2H3/t11-,13+/m1/s1. The van der Waals surface area contributed by atoms with Gasteiger partial charge in [-0.3, -0.25) is 0 Å². The monoisotopic (exact) mass is 237 g/mol. The molecule has 0 aromatic heterocycles. The van der Waals surface area contributed by atoms with Crippen molar-refractivity contribution in [2.75, 3.05) is 13.2 Å². The highest BCUT2D eigenvalue weighted by Gasteiger charge is 2.17. The molecule has 0 saturated carbocycles. The molecule has 1 aromatic carbocycles. The number of para-hydroxylation sites is 1. The SMILES string of the molecule is C[C@H](COC[C@@](C)(N)C=O)Oc1ccccc1. The van der Waals surface area contributed by atoms with E-state index in [4.69, 9.17) is 15.2 Å². The maximum Gasteiger partial charge on any atom is 0.141 e. The number of nitrogens with two attached hydrogens (primary N) is 1. The van der Waals surface area contributed by atoms with E-state index < -0.39 is 5.54 Å². The highest BCUT2D eigenvalue weighted by atomic mass is 16.5. The summed E-state index contributed by atoms with van der Waals surface area (Å²) >= 11 is 0. The highest BCUT2D eigenvalue weighted by molar-refractivity contribution is 5.63. The predicted molar refractivity (Wildman–Crippen MR) is 66.0 cm³/mol. The van der Waals surface area contributed by atoms with Crippen molar-refractivity contribution in [3.8, 4) is 5.75 Å². The Bertz CT molecular complexity index is 338. The molecule has 2 atom stereocenters. The fourth-order valence-corrected chi connectivity index (χ4v) is 1.24. The molecule has 0 heterocycles. The molecule has 0 aliphatic carbocycles. The molecule has 0 unspecified atom stereocenters. The fraction of sp³-hybridized carbons (Fsp3) is 0.462. The van der Waals surface area contributed by atoms with Gasteiger partial charge in [0.15, 0.2) is 0 Å². The number of aldehydes is 1. The quantitative estimate of drug-likeness (QED) is 0.728. The zero-order chi connectivity index (χ0) is 12.7. The molecule has 17 heavy (non-hydrogen) atoms. The zero-order valence-electron chi connectivity index (χ0n) is 10.3. The van der Waals surface area contributed by atoms with Crippen LogP contribution >= 0.6 is 0 Å². The lowest BCUT2D eigenvalue weighted by atomic mass is 10.1. The summed E-state index contributed by atoms with van der Waals surface area (Å²) in [6, 6.07) is 9.51. The Balaban J connectivity index is 2.27. The third-order valence-electron chi connectivity index (χ3n) is 2.12. The van der Waals surface area contributed by atoms with Crippen molar-refractivity contribution in [3.05, 3.63) is 30.3 Å². The number of rotatable bonds is 7. The Morgan fingerprint density at radius 2 is 2.06 bits per heavy atom. The van der Waals surface area contributed by atoms with Crippen LogP contribution in [0.3, 0.4) is 0 Å². The van der Waals surface area contributed by atoms with Crippen molar-refractivity contribution >= 4 is 6.29 Å². The first-order chi connectivity index (χ1) is 8.03. The van der Waals surface area contributed by atoms with Gasteiger partial charge in [0.1, 0.15) is 18.1 Å². The first-order valence-corrected chi connectivity index (χ1v) is 5.58. The molecule has 0 bridgehead atoms. The second-order valence-electron chi connectivity index (χ2n) is 4.38. The third-order valence-corrected chi connectivity index (χ3v) is 2.12. The summed E-state index contributed by atoms with van der Waals surface area (Å²) in [5.41, 5.74) is 4.70. The summed E-state index contributed by atoms with van der Waals surface area (Å²) < 4.78 is 11.0. The Labute approximate surface area is 102 Å². The van der Waals surface area contributed by atoms with Crippen molar-refractivity contribution in [1.82, 2.24) is 0 Å². The largest absolute Gasteiger partial charge is 0.488 e. The minimum absolute atomic E-state index is 0.0835. The van der Waals surface area contributed by atoms with E-state index in [1.54, 1.807) is 6.92 Å². The topological polar surface area (TPSA) is 61.5 Å². The van der Waals surface area contributed by atoms with Crippen molar-refractivity contribution in [2.45, 2.75) is 25.5 Å². The maximum absolute atomic E-state index is 10.6. The van der Waals surface area contributed by atoms with Gasteiger partial charge in [0.2, 0.25) is 0 Å². The third kappa shape index (κ3) is 5.47. The minimum Gasteiger partial charge on any atom is -0.488 e. The molecule has 0 spiro atoms. The van der Waals surface area contributed by atoms with E-state index in [1.807, 2.05) is 37.3 Å². The van der Waals surface area contributed by atoms with Crippen molar-refractivity contribution in [3.63, 3.8) is 0 Å². The predicted octanol–water partition coefficient (Wildman–Crippen LogP) is 1.39. The van der Waals surface area contributed by atoms with Gasteiger partial charge in [-0.05, 0) is 26.0 Å². The number of carbonyl (C=O) groups excluding carboxylic acids is 1. The summed E-state index contributed by atoms with van der Waals surface area (Å²) in [6.45, 7) is 4.12. The smallest absolute Gasteiger partial charge is 0.141 e. The second kappa shape index (κ2) is 6.37. The zero-order valence-corrected chi connectivity index (χ0v) is 10.3. The molecule has 0 radical (unpaired) electrons. The highest BCUT2D eigenvalue weighted by Crippen LogP contribution is 2.11. The lowest BCUT2D eigenvalue weighted by Gasteiger charge is -2.19. The van der Waals surface area contributed by atoms with Crippen molar-refractivity contribution in [1.29, 1.82) is 0 Å². The lowest BCUT2D eigenvalue weighted by molar-refractivity contribution is -0.114. The maximum atomic E-state index is 10.6. The Morgan fingerprint density at radius 3 is 2.65 bits per heavy atom. The second-order valence-corrected chi connectivity index (χ2v) is 4.38. The first-order valence-electron chi connectivity index (χ1n) is 5.58. The van der Waals surface area contributed by atoms with Crippen LogP contribution in [0, 0.1) is 0 Å². The van der Waals surface area contributed by atoms with Crippen LogP contribution in [-0.4, -0.2) is 31.1 Å². The van der Waals surface area contributed by atoms with Gasteiger partial charge in [-0.25, -0.2) is 0 Å². The summed E-state index contributed by atoms with van der Waals surface area (Å²) in [7, 11) is 0. The number of carbonyl (C=O) groups is 1. The number of ether oxygens (including phenoxy) is 2. The molecule has 4 nitrogen and oxygen atoms in total. The molecule has 0 aliphatic heterocycles. The Morgan fingerprint density at radius 1 is 1.41 bits per heavy atom. The van der Waals surface area contributed by atoms with Crippen molar-refractivity contribution in [2.24, 2.45) is 5.73 Å². The molecular weight excluding hydrogens is 218 g/mol. The number of benzene rings is 1. The Hall–Kier alpha value is -1.39. The van der Waals surface area contributed by atoms with Gasteiger partial charge in [0.05, 0.1) is 18.8 Å². The van der Waals surface area contributed by atoms with E-state index in [0.717, 1.165) is 5.75 Å². The minimum atomic E-state index is -0.924. The van der Waals surface area contributed by atoms with Crippen LogP contribution in [0.1, 0.15) is 13.8 Å². The average Bonchev–Trinajstić information content (AvgIpc) is 2.30. The van der Waals surface area contributed by atoms with Crippen LogP contribution in [0.15, 0.2) is 30.3 Å². The van der Waals surface area contributed by atoms with E-state index >= 15 is 0 Å². The van der Waals surface area contributed by atoms with Crippen LogP contribution in [0.5, 0.6) is 5.75 Å². The summed E-state index contributed by atoms with van der Waals surface area (Å²) in [5.74, 6) is 0.800. The van der Waals surface area contributed by atoms with Crippen LogP contribution in [0.2, 0.25) is 0 Å². The van der Waals surface area contributed by atoms with Crippen LogP contribution in [0.4, 0.5) is 0 Å². The van der Waals surface area contributed by atoms with Crippen LogP contribution in [0.25, 0.3) is 0 Å². The van der Waals surface area contributed by atoms with E-state index in [1.165, 1.54) is 0 Å². The molecular formula is C13H19NO3. The van der Waals surface area contributed by atoms with Gasteiger partial charge in [-0.1, -0.05) is 18.2 Å². The van der Waals surface area contributed by atoms with E-state index in [2.05, 4.69) is 0 Å². The average molecular weight is 237 g/mol. The van der Waals surface area contributed by atoms with E-state index in [0.29, 0.717) is 12.9 Å². The summed E-state index contributed by atoms with van der Waals surface area (Å²) in [6.07, 6.45) is 0.607. The molecule has 0 amide bonds. The molecule has 4 heteroatoms. The molecule has 2 N–H and O–H groups in total. The molecule has 1 rings (SSSR count). The van der Waals surface area contributed by atoms with Crippen LogP contribution < -0.4 is 10.5 Å². The van der Waals surface area contributed by atoms with Gasteiger partial charge in [-0.2, -0.15) is 0 Å². The first kappa shape index (κ1) is 13.7. The summed E-state index contributed by atoms with van der Waals surface area (Å²) in [5, 5.41) is 0. The molecule has 1 aromatic rings. The molecule has 94 valence electrons. The summed E-state index contributed by atoms with van der Waals surface area (Å²) in [4.78, 5) is 10.6. The fourth-order valence-electron chi connectivity index (χ4n) is 1.24. The Kier molecular flexibility index (Phi) is 5.12. The van der Waals surface area contributed by atoms with Crippen molar-refractivity contribution < 1.29 is 14.3 Å². The number of hydrogen-bond acceptors (Lipinski definition) is 4. The molecule has 0 fully saturated rings. The van der Waals surface area contributed by atoms with Gasteiger partial charge in [0, 0.05) is 0 Å². The van der Waals surface area contributed by atoms with Gasteiger partial charge in [0.25, 0.3) is 0 Å². The van der Waals surface area contributed by atoms with E-state index in [-0.39, 0.29) is 12.7 Å². The molecule has 0 aliphatic rings. The van der Waals surface area contributed by atoms with Gasteiger partial charge < -0.3 is 20.0 Å². The van der Waals surface area contributed by atoms with Crippen LogP contribution in [-0.2, 0) is 9.53 Å². The van der Waals surface area contributed by atoms with Gasteiger partial charge >= 0.3 is 0 Å². The lowest BCUT2D eigenvalue weighted by Crippen LogP contribution is -2.43.